The largest absolute Gasteiger partial charge is 0.333 e. The number of imidazole rings is 1. The number of amides is 1. The molecule has 1 atom stereocenters. The molecule has 0 fully saturated rings. The van der Waals surface area contributed by atoms with Gasteiger partial charge in [0, 0.05) is 37.4 Å². The molecule has 7 heteroatoms. The minimum absolute atomic E-state index is 0.00635. The first-order valence-corrected chi connectivity index (χ1v) is 7.47. The fraction of sp³-hybridized carbons (Fsp3) is 0.462. The standard InChI is InChI=1S/C13H17N5OS/c1-9(11-5-15-8-20-11)17(2)13(19)10-7-18-4-3-14-6-12(18)16-10/h5,7-9,14H,3-4,6H2,1-2H3/t9-/m1/s1. The lowest BCUT2D eigenvalue weighted by Gasteiger charge is -2.22. The predicted molar refractivity (Wildman–Crippen MR) is 76.6 cm³/mol. The highest BCUT2D eigenvalue weighted by molar-refractivity contribution is 7.09. The van der Waals surface area contributed by atoms with Crippen molar-refractivity contribution in [3.63, 3.8) is 0 Å². The first-order valence-electron chi connectivity index (χ1n) is 6.59. The van der Waals surface area contributed by atoms with Crippen LogP contribution in [0.15, 0.2) is 17.9 Å². The highest BCUT2D eigenvalue weighted by Gasteiger charge is 2.23. The van der Waals surface area contributed by atoms with Crippen molar-refractivity contribution in [3.05, 3.63) is 34.3 Å². The van der Waals surface area contributed by atoms with Crippen LogP contribution >= 0.6 is 11.3 Å². The number of hydrogen-bond donors (Lipinski definition) is 1. The molecule has 3 rings (SSSR count). The Kier molecular flexibility index (Phi) is 3.54. The van der Waals surface area contributed by atoms with Gasteiger partial charge < -0.3 is 14.8 Å². The molecule has 0 saturated heterocycles. The molecule has 20 heavy (non-hydrogen) atoms. The molecule has 0 radical (unpaired) electrons. The molecule has 2 aromatic heterocycles. The SMILES string of the molecule is C[C@H](c1cncs1)N(C)C(=O)c1cn2c(n1)CNCC2. The van der Waals surface area contributed by atoms with E-state index in [0.29, 0.717) is 5.69 Å². The van der Waals surface area contributed by atoms with E-state index in [2.05, 4.69) is 19.9 Å². The minimum Gasteiger partial charge on any atom is -0.333 e. The Morgan fingerprint density at radius 1 is 1.60 bits per heavy atom. The number of thiazole rings is 1. The second-order valence-electron chi connectivity index (χ2n) is 4.91. The van der Waals surface area contributed by atoms with Gasteiger partial charge in [-0.2, -0.15) is 0 Å². The van der Waals surface area contributed by atoms with E-state index in [1.165, 1.54) is 0 Å². The lowest BCUT2D eigenvalue weighted by molar-refractivity contribution is 0.0739. The molecule has 3 heterocycles. The first-order chi connectivity index (χ1) is 9.66. The van der Waals surface area contributed by atoms with Gasteiger partial charge in [-0.15, -0.1) is 11.3 Å². The van der Waals surface area contributed by atoms with E-state index in [4.69, 9.17) is 0 Å². The maximum Gasteiger partial charge on any atom is 0.274 e. The fourth-order valence-electron chi connectivity index (χ4n) is 2.27. The molecule has 0 aromatic carbocycles. The van der Waals surface area contributed by atoms with Crippen LogP contribution in [0, 0.1) is 0 Å². The molecule has 1 N–H and O–H groups in total. The summed E-state index contributed by atoms with van der Waals surface area (Å²) in [6.07, 6.45) is 3.66. The van der Waals surface area contributed by atoms with E-state index < -0.39 is 0 Å². The summed E-state index contributed by atoms with van der Waals surface area (Å²) in [4.78, 5) is 23.8. The molecule has 1 amide bonds. The number of carbonyl (C=O) groups excluding carboxylic acids is 1. The Labute approximate surface area is 121 Å². The molecule has 0 spiro atoms. The summed E-state index contributed by atoms with van der Waals surface area (Å²) < 4.78 is 2.05. The van der Waals surface area contributed by atoms with Gasteiger partial charge in [-0.05, 0) is 6.92 Å². The van der Waals surface area contributed by atoms with E-state index in [0.717, 1.165) is 30.3 Å². The van der Waals surface area contributed by atoms with Crippen LogP contribution in [0.1, 0.15) is 34.2 Å². The van der Waals surface area contributed by atoms with Gasteiger partial charge in [-0.25, -0.2) is 4.98 Å². The van der Waals surface area contributed by atoms with Crippen molar-refractivity contribution < 1.29 is 4.79 Å². The maximum absolute atomic E-state index is 12.5. The predicted octanol–water partition coefficient (Wildman–Crippen LogP) is 1.28. The number of hydrogen-bond acceptors (Lipinski definition) is 5. The maximum atomic E-state index is 12.5. The quantitative estimate of drug-likeness (QED) is 0.925. The summed E-state index contributed by atoms with van der Waals surface area (Å²) in [6.45, 7) is 4.51. The average Bonchev–Trinajstić information content (AvgIpc) is 3.13. The van der Waals surface area contributed by atoms with E-state index in [-0.39, 0.29) is 11.9 Å². The Bertz CT molecular complexity index is 583. The second-order valence-corrected chi connectivity index (χ2v) is 5.83. The van der Waals surface area contributed by atoms with E-state index in [1.54, 1.807) is 27.9 Å². The van der Waals surface area contributed by atoms with E-state index >= 15 is 0 Å². The first kappa shape index (κ1) is 13.3. The fourth-order valence-corrected chi connectivity index (χ4v) is 2.99. The van der Waals surface area contributed by atoms with Gasteiger partial charge >= 0.3 is 0 Å². The van der Waals surface area contributed by atoms with Crippen LogP contribution in [0.4, 0.5) is 0 Å². The van der Waals surface area contributed by atoms with Crippen molar-refractivity contribution in [3.8, 4) is 0 Å². The van der Waals surface area contributed by atoms with Crippen molar-refractivity contribution in [1.82, 2.24) is 24.8 Å². The molecule has 0 unspecified atom stereocenters. The Morgan fingerprint density at radius 3 is 3.15 bits per heavy atom. The zero-order valence-corrected chi connectivity index (χ0v) is 12.4. The number of fused-ring (bicyclic) bond motifs is 1. The van der Waals surface area contributed by atoms with Crippen molar-refractivity contribution in [2.45, 2.75) is 26.1 Å². The summed E-state index contributed by atoms with van der Waals surface area (Å²) >= 11 is 1.56. The molecular formula is C13H17N5OS. The van der Waals surface area contributed by atoms with Crippen molar-refractivity contribution in [1.29, 1.82) is 0 Å². The summed E-state index contributed by atoms with van der Waals surface area (Å²) in [6, 6.07) is 0.00635. The van der Waals surface area contributed by atoms with Crippen molar-refractivity contribution in [2.75, 3.05) is 13.6 Å². The number of carbonyl (C=O) groups is 1. The van der Waals surface area contributed by atoms with Crippen LogP contribution in [0.2, 0.25) is 0 Å². The lowest BCUT2D eigenvalue weighted by atomic mass is 10.2. The summed E-state index contributed by atoms with van der Waals surface area (Å²) in [7, 11) is 1.81. The number of rotatable bonds is 3. The van der Waals surface area contributed by atoms with E-state index in [1.807, 2.05) is 20.2 Å². The van der Waals surface area contributed by atoms with Gasteiger partial charge in [0.1, 0.15) is 11.5 Å². The van der Waals surface area contributed by atoms with Crippen LogP contribution in [-0.4, -0.2) is 38.9 Å². The minimum atomic E-state index is -0.0483. The van der Waals surface area contributed by atoms with Gasteiger partial charge in [-0.1, -0.05) is 0 Å². The molecule has 0 bridgehead atoms. The molecule has 1 aliphatic heterocycles. The molecule has 2 aromatic rings. The molecule has 6 nitrogen and oxygen atoms in total. The van der Waals surface area contributed by atoms with E-state index in [9.17, 15) is 4.79 Å². The number of nitrogens with zero attached hydrogens (tertiary/aromatic N) is 4. The van der Waals surface area contributed by atoms with Crippen molar-refractivity contribution >= 4 is 17.2 Å². The van der Waals surface area contributed by atoms with Crippen LogP contribution in [-0.2, 0) is 13.1 Å². The summed E-state index contributed by atoms with van der Waals surface area (Å²) in [5.74, 6) is 0.881. The lowest BCUT2D eigenvalue weighted by Crippen LogP contribution is -2.29. The third kappa shape index (κ3) is 2.34. The van der Waals surface area contributed by atoms with Gasteiger partial charge in [0.15, 0.2) is 0 Å². The zero-order valence-electron chi connectivity index (χ0n) is 11.5. The van der Waals surface area contributed by atoms with Gasteiger partial charge in [-0.3, -0.25) is 9.78 Å². The van der Waals surface area contributed by atoms with Crippen LogP contribution in [0.3, 0.4) is 0 Å². The summed E-state index contributed by atoms with van der Waals surface area (Å²) in [5, 5.41) is 3.25. The second kappa shape index (κ2) is 5.34. The van der Waals surface area contributed by atoms with Crippen LogP contribution in [0.5, 0.6) is 0 Å². The smallest absolute Gasteiger partial charge is 0.274 e. The number of aromatic nitrogens is 3. The van der Waals surface area contributed by atoms with Crippen LogP contribution < -0.4 is 5.32 Å². The van der Waals surface area contributed by atoms with Gasteiger partial charge in [0.25, 0.3) is 5.91 Å². The third-order valence-corrected chi connectivity index (χ3v) is 4.60. The molecule has 0 aliphatic carbocycles. The Hall–Kier alpha value is -1.73. The molecule has 106 valence electrons. The topological polar surface area (TPSA) is 63.1 Å². The molecule has 0 saturated carbocycles. The third-order valence-electron chi connectivity index (χ3n) is 3.66. The summed E-state index contributed by atoms with van der Waals surface area (Å²) in [5.41, 5.74) is 2.30. The van der Waals surface area contributed by atoms with Gasteiger partial charge in [0.2, 0.25) is 0 Å². The van der Waals surface area contributed by atoms with Gasteiger partial charge in [0.05, 0.1) is 18.1 Å². The number of nitrogens with one attached hydrogen (secondary N) is 1. The Morgan fingerprint density at radius 2 is 2.45 bits per heavy atom. The average molecular weight is 291 g/mol. The Balaban J connectivity index is 1.79. The normalized spacial score (nSPS) is 15.7. The highest BCUT2D eigenvalue weighted by atomic mass is 32.1. The highest BCUT2D eigenvalue weighted by Crippen LogP contribution is 2.23. The van der Waals surface area contributed by atoms with Crippen molar-refractivity contribution in [2.24, 2.45) is 0 Å². The zero-order chi connectivity index (χ0) is 14.1. The molecular weight excluding hydrogens is 274 g/mol. The molecule has 1 aliphatic rings. The van der Waals surface area contributed by atoms with Crippen LogP contribution in [0.25, 0.3) is 0 Å². The monoisotopic (exact) mass is 291 g/mol.